The Morgan fingerprint density at radius 2 is 2.04 bits per heavy atom. The predicted molar refractivity (Wildman–Crippen MR) is 117 cm³/mol. The average molecular weight is 413 g/mol. The van der Waals surface area contributed by atoms with E-state index in [9.17, 15) is 19.7 Å². The molecule has 2 aliphatic carbocycles. The smallest absolute Gasteiger partial charge is 0.200 e. The molecule has 0 amide bonds. The van der Waals surface area contributed by atoms with Crippen LogP contribution in [0, 0.1) is 17.3 Å². The Bertz CT molecular complexity index is 599. The maximum absolute atomic E-state index is 11.8. The van der Waals surface area contributed by atoms with Gasteiger partial charge < -0.3 is 15.1 Å². The van der Waals surface area contributed by atoms with Crippen LogP contribution in [-0.4, -0.2) is 39.6 Å². The van der Waals surface area contributed by atoms with E-state index in [2.05, 4.69) is 26.0 Å². The van der Waals surface area contributed by atoms with Gasteiger partial charge in [-0.1, -0.05) is 63.8 Å². The lowest BCUT2D eigenvalue weighted by Crippen LogP contribution is -2.19. The molecule has 2 fully saturated rings. The zero-order chi connectivity index (χ0) is 20.8. The normalized spacial score (nSPS) is 34.8. The largest absolute Gasteiger partial charge is 0.392 e. The van der Waals surface area contributed by atoms with Gasteiger partial charge in [0, 0.05) is 18.2 Å². The molecule has 3 unspecified atom stereocenters. The van der Waals surface area contributed by atoms with Crippen LogP contribution in [0.25, 0.3) is 0 Å². The fourth-order valence-corrected chi connectivity index (χ4v) is 6.13. The standard InChI is InChI=1S/C23H41O4P/c1-4-6-7-11-19(24)12-13-20-21-15-18(16-23(21,3)17-22(20)25)10-8-9-14-28(26,27)5-2/h10,12-13,19-22,24-25H,4-9,11,14-17H2,1-3H3,(H,26,27)/b13-12+,18-10-/t19?,20-,21?,22-,23+/m1/s1. The van der Waals surface area contributed by atoms with E-state index >= 15 is 0 Å². The van der Waals surface area contributed by atoms with Crippen molar-refractivity contribution >= 4 is 7.37 Å². The molecular formula is C23H41O4P. The van der Waals surface area contributed by atoms with Gasteiger partial charge in [-0.2, -0.15) is 0 Å². The Morgan fingerprint density at radius 1 is 1.29 bits per heavy atom. The van der Waals surface area contributed by atoms with Crippen molar-refractivity contribution in [3.63, 3.8) is 0 Å². The van der Waals surface area contributed by atoms with Crippen molar-refractivity contribution in [1.82, 2.24) is 0 Å². The van der Waals surface area contributed by atoms with Crippen LogP contribution in [0.3, 0.4) is 0 Å². The summed E-state index contributed by atoms with van der Waals surface area (Å²) < 4.78 is 11.8. The number of hydrogen-bond donors (Lipinski definition) is 3. The Hall–Kier alpha value is -0.410. The Balaban J connectivity index is 1.90. The molecule has 0 aromatic carbocycles. The summed E-state index contributed by atoms with van der Waals surface area (Å²) in [6.07, 6.45) is 14.9. The number of fused-ring (bicyclic) bond motifs is 1. The van der Waals surface area contributed by atoms with Gasteiger partial charge >= 0.3 is 0 Å². The monoisotopic (exact) mass is 412 g/mol. The molecule has 0 aliphatic heterocycles. The van der Waals surface area contributed by atoms with Crippen LogP contribution in [0.4, 0.5) is 0 Å². The van der Waals surface area contributed by atoms with Crippen LogP contribution in [0.5, 0.6) is 0 Å². The molecule has 2 aliphatic rings. The first kappa shape index (κ1) is 23.9. The van der Waals surface area contributed by atoms with Crippen molar-refractivity contribution in [2.24, 2.45) is 17.3 Å². The van der Waals surface area contributed by atoms with Crippen molar-refractivity contribution in [3.05, 3.63) is 23.8 Å². The molecule has 0 saturated heterocycles. The first-order valence-electron chi connectivity index (χ1n) is 11.2. The van der Waals surface area contributed by atoms with E-state index in [-0.39, 0.29) is 17.4 Å². The Kier molecular flexibility index (Phi) is 9.01. The Morgan fingerprint density at radius 3 is 2.71 bits per heavy atom. The molecule has 0 spiro atoms. The molecule has 0 heterocycles. The lowest BCUT2D eigenvalue weighted by molar-refractivity contribution is 0.137. The second-order valence-electron chi connectivity index (χ2n) is 9.33. The van der Waals surface area contributed by atoms with E-state index in [0.717, 1.165) is 57.8 Å². The number of rotatable bonds is 11. The van der Waals surface area contributed by atoms with E-state index in [1.807, 2.05) is 6.08 Å². The summed E-state index contributed by atoms with van der Waals surface area (Å²) in [7, 11) is -2.91. The molecule has 5 heteroatoms. The molecule has 3 N–H and O–H groups in total. The first-order valence-corrected chi connectivity index (χ1v) is 13.3. The summed E-state index contributed by atoms with van der Waals surface area (Å²) in [5.41, 5.74) is 1.56. The fraction of sp³-hybridized carbons (Fsp3) is 0.826. The van der Waals surface area contributed by atoms with Gasteiger partial charge in [0.15, 0.2) is 7.37 Å². The van der Waals surface area contributed by atoms with Crippen LogP contribution in [-0.2, 0) is 4.57 Å². The predicted octanol–water partition coefficient (Wildman–Crippen LogP) is 5.28. The zero-order valence-corrected chi connectivity index (χ0v) is 18.9. The topological polar surface area (TPSA) is 77.8 Å². The third kappa shape index (κ3) is 6.55. The van der Waals surface area contributed by atoms with Crippen molar-refractivity contribution in [2.45, 2.75) is 90.8 Å². The summed E-state index contributed by atoms with van der Waals surface area (Å²) in [6, 6.07) is 0. The summed E-state index contributed by atoms with van der Waals surface area (Å²) in [6.45, 7) is 6.22. The molecule has 2 saturated carbocycles. The lowest BCUT2D eigenvalue weighted by atomic mass is 9.80. The number of aliphatic hydroxyl groups excluding tert-OH is 2. The van der Waals surface area contributed by atoms with Gasteiger partial charge in [0.2, 0.25) is 0 Å². The molecule has 6 atom stereocenters. The van der Waals surface area contributed by atoms with E-state index < -0.39 is 13.5 Å². The molecule has 28 heavy (non-hydrogen) atoms. The van der Waals surface area contributed by atoms with E-state index in [0.29, 0.717) is 18.2 Å². The van der Waals surface area contributed by atoms with Crippen molar-refractivity contribution < 1.29 is 19.7 Å². The second-order valence-corrected chi connectivity index (χ2v) is 12.1. The van der Waals surface area contributed by atoms with Crippen molar-refractivity contribution in [2.75, 3.05) is 12.3 Å². The van der Waals surface area contributed by atoms with Crippen LogP contribution in [0.1, 0.15) is 78.6 Å². The quantitative estimate of drug-likeness (QED) is 0.245. The van der Waals surface area contributed by atoms with E-state index in [4.69, 9.17) is 0 Å². The highest BCUT2D eigenvalue weighted by Gasteiger charge is 2.52. The van der Waals surface area contributed by atoms with Crippen molar-refractivity contribution in [1.29, 1.82) is 0 Å². The van der Waals surface area contributed by atoms with Crippen LogP contribution in [0.2, 0.25) is 0 Å². The number of unbranched alkanes of at least 4 members (excludes halogenated alkanes) is 3. The highest BCUT2D eigenvalue weighted by molar-refractivity contribution is 7.57. The number of allylic oxidation sites excluding steroid dienone is 2. The third-order valence-corrected chi connectivity index (χ3v) is 8.89. The van der Waals surface area contributed by atoms with Gasteiger partial charge in [-0.25, -0.2) is 0 Å². The van der Waals surface area contributed by atoms with Crippen LogP contribution < -0.4 is 0 Å². The molecule has 2 rings (SSSR count). The fourth-order valence-electron chi connectivity index (χ4n) is 5.13. The van der Waals surface area contributed by atoms with Gasteiger partial charge in [-0.15, -0.1) is 0 Å². The molecule has 0 aromatic heterocycles. The van der Waals surface area contributed by atoms with Gasteiger partial charge in [0.1, 0.15) is 0 Å². The summed E-state index contributed by atoms with van der Waals surface area (Å²) in [5.74, 6) is 0.543. The van der Waals surface area contributed by atoms with Gasteiger partial charge in [-0.05, 0) is 49.9 Å². The van der Waals surface area contributed by atoms with Gasteiger partial charge in [0.25, 0.3) is 0 Å². The maximum Gasteiger partial charge on any atom is 0.200 e. The minimum Gasteiger partial charge on any atom is -0.392 e. The maximum atomic E-state index is 11.8. The van der Waals surface area contributed by atoms with Crippen LogP contribution in [0.15, 0.2) is 23.8 Å². The van der Waals surface area contributed by atoms with E-state index in [1.165, 1.54) is 5.57 Å². The molecule has 0 radical (unpaired) electrons. The number of aliphatic hydroxyl groups is 2. The summed E-state index contributed by atoms with van der Waals surface area (Å²) in [5, 5.41) is 20.8. The van der Waals surface area contributed by atoms with Crippen molar-refractivity contribution in [3.8, 4) is 0 Å². The highest BCUT2D eigenvalue weighted by atomic mass is 31.2. The highest BCUT2D eigenvalue weighted by Crippen LogP contribution is 2.58. The lowest BCUT2D eigenvalue weighted by Gasteiger charge is -2.24. The molecular weight excluding hydrogens is 371 g/mol. The summed E-state index contributed by atoms with van der Waals surface area (Å²) in [4.78, 5) is 9.70. The SMILES string of the molecule is CCCCCC(O)/C=C/[C@@H]1C2C/C(=C/CCCP(=O)(O)CC)C[C@@]2(C)C[C@H]1O. The number of hydrogen-bond acceptors (Lipinski definition) is 3. The van der Waals surface area contributed by atoms with Crippen LogP contribution >= 0.6 is 7.37 Å². The minimum atomic E-state index is -2.91. The molecule has 0 bridgehead atoms. The van der Waals surface area contributed by atoms with E-state index in [1.54, 1.807) is 6.92 Å². The Labute approximate surface area is 171 Å². The average Bonchev–Trinajstić information content (AvgIpc) is 3.06. The van der Waals surface area contributed by atoms with Gasteiger partial charge in [0.05, 0.1) is 12.2 Å². The third-order valence-electron chi connectivity index (χ3n) is 6.89. The second kappa shape index (κ2) is 10.6. The molecule has 162 valence electrons. The molecule has 0 aromatic rings. The minimum absolute atomic E-state index is 0.120. The van der Waals surface area contributed by atoms with Gasteiger partial charge in [-0.3, -0.25) is 4.57 Å². The zero-order valence-electron chi connectivity index (χ0n) is 18.0. The first-order chi connectivity index (χ1) is 13.2. The summed E-state index contributed by atoms with van der Waals surface area (Å²) >= 11 is 0. The molecule has 4 nitrogen and oxygen atoms in total.